The van der Waals surface area contributed by atoms with Gasteiger partial charge in [0.15, 0.2) is 16.6 Å². The predicted octanol–water partition coefficient (Wildman–Crippen LogP) is 5.86. The number of hydrogen-bond donors (Lipinski definition) is 1. The van der Waals surface area contributed by atoms with E-state index in [2.05, 4.69) is 15.3 Å². The molecule has 4 rings (SSSR count). The number of halogens is 1. The Labute approximate surface area is 186 Å². The molecule has 4 aromatic rings. The Kier molecular flexibility index (Phi) is 5.98. The van der Waals surface area contributed by atoms with Crippen LogP contribution in [0.5, 0.6) is 11.5 Å². The van der Waals surface area contributed by atoms with E-state index < -0.39 is 0 Å². The number of ether oxygens (including phenoxy) is 2. The topological polar surface area (TPSA) is 73.3 Å². The van der Waals surface area contributed by atoms with Crippen LogP contribution in [0, 0.1) is 0 Å². The van der Waals surface area contributed by atoms with Gasteiger partial charge in [-0.1, -0.05) is 29.8 Å². The Balaban J connectivity index is 1.52. The van der Waals surface area contributed by atoms with Gasteiger partial charge in [0.2, 0.25) is 0 Å². The van der Waals surface area contributed by atoms with Crippen LogP contribution in [-0.2, 0) is 0 Å². The Hall–Kier alpha value is -2.94. The lowest BCUT2D eigenvalue weighted by molar-refractivity contribution is 0.102. The number of aromatic nitrogens is 2. The van der Waals surface area contributed by atoms with Gasteiger partial charge in [0.25, 0.3) is 5.91 Å². The number of rotatable bonds is 6. The molecule has 2 aromatic heterocycles. The molecule has 0 saturated heterocycles. The molecule has 0 unspecified atom stereocenters. The monoisotopic (exact) mass is 457 g/mol. The van der Waals surface area contributed by atoms with Crippen LogP contribution >= 0.6 is 34.3 Å². The summed E-state index contributed by atoms with van der Waals surface area (Å²) >= 11 is 8.63. The van der Waals surface area contributed by atoms with E-state index in [0.717, 1.165) is 16.8 Å². The van der Waals surface area contributed by atoms with Crippen molar-refractivity contribution < 1.29 is 14.3 Å². The number of hydrogen-bond acceptors (Lipinski definition) is 7. The first-order valence-corrected chi connectivity index (χ1v) is 10.9. The van der Waals surface area contributed by atoms with Crippen molar-refractivity contribution in [3.63, 3.8) is 0 Å². The third-order valence-electron chi connectivity index (χ3n) is 4.23. The van der Waals surface area contributed by atoms with Crippen molar-refractivity contribution in [1.29, 1.82) is 0 Å². The third-order valence-corrected chi connectivity index (χ3v) is 6.12. The molecule has 6 nitrogen and oxygen atoms in total. The molecule has 0 aliphatic rings. The van der Waals surface area contributed by atoms with E-state index in [1.54, 1.807) is 31.7 Å². The molecule has 30 heavy (non-hydrogen) atoms. The summed E-state index contributed by atoms with van der Waals surface area (Å²) in [4.78, 5) is 21.6. The summed E-state index contributed by atoms with van der Waals surface area (Å²) in [5, 5.41) is 8.22. The van der Waals surface area contributed by atoms with E-state index in [0.29, 0.717) is 32.4 Å². The zero-order chi connectivity index (χ0) is 21.1. The number of thiazole rings is 2. The average molecular weight is 458 g/mol. The second-order valence-electron chi connectivity index (χ2n) is 6.08. The van der Waals surface area contributed by atoms with Gasteiger partial charge in [0.1, 0.15) is 10.7 Å². The van der Waals surface area contributed by atoms with Gasteiger partial charge >= 0.3 is 0 Å². The highest BCUT2D eigenvalue weighted by Crippen LogP contribution is 2.39. The molecule has 0 saturated carbocycles. The highest BCUT2D eigenvalue weighted by atomic mass is 35.5. The van der Waals surface area contributed by atoms with Gasteiger partial charge < -0.3 is 9.47 Å². The molecule has 0 fully saturated rings. The Morgan fingerprint density at radius 1 is 1.00 bits per heavy atom. The van der Waals surface area contributed by atoms with Crippen molar-refractivity contribution in [2.45, 2.75) is 0 Å². The number of anilines is 1. The van der Waals surface area contributed by atoms with Crippen molar-refractivity contribution in [2.75, 3.05) is 19.5 Å². The fourth-order valence-electron chi connectivity index (χ4n) is 2.80. The van der Waals surface area contributed by atoms with Crippen LogP contribution in [0.25, 0.3) is 21.8 Å². The maximum absolute atomic E-state index is 12.7. The van der Waals surface area contributed by atoms with Crippen LogP contribution < -0.4 is 14.8 Å². The van der Waals surface area contributed by atoms with Gasteiger partial charge in [0, 0.05) is 21.3 Å². The zero-order valence-corrected chi connectivity index (χ0v) is 18.4. The molecule has 9 heteroatoms. The molecule has 0 bridgehead atoms. The third kappa shape index (κ3) is 4.16. The minimum absolute atomic E-state index is 0.308. The summed E-state index contributed by atoms with van der Waals surface area (Å²) in [6.45, 7) is 0. The minimum atomic E-state index is -0.323. The fourth-order valence-corrected chi connectivity index (χ4v) is 4.47. The predicted molar refractivity (Wildman–Crippen MR) is 121 cm³/mol. The minimum Gasteiger partial charge on any atom is -0.493 e. The second kappa shape index (κ2) is 8.83. The molecular formula is C21H16ClN3O3S2. The summed E-state index contributed by atoms with van der Waals surface area (Å²) in [5.74, 6) is 0.860. The summed E-state index contributed by atoms with van der Waals surface area (Å²) in [6.07, 6.45) is 0. The van der Waals surface area contributed by atoms with E-state index in [9.17, 15) is 4.79 Å². The number of amides is 1. The molecule has 152 valence electrons. The van der Waals surface area contributed by atoms with Gasteiger partial charge in [-0.15, -0.1) is 22.7 Å². The first-order valence-electron chi connectivity index (χ1n) is 8.78. The summed E-state index contributed by atoms with van der Waals surface area (Å²) in [7, 11) is 3.15. The molecule has 0 aliphatic heterocycles. The van der Waals surface area contributed by atoms with Crippen LogP contribution in [0.2, 0.25) is 5.02 Å². The molecule has 1 amide bonds. The Morgan fingerprint density at radius 3 is 2.53 bits per heavy atom. The molecule has 2 aromatic carbocycles. The molecule has 2 heterocycles. The maximum Gasteiger partial charge on any atom is 0.276 e. The lowest BCUT2D eigenvalue weighted by atomic mass is 10.2. The number of benzene rings is 2. The normalized spacial score (nSPS) is 10.6. The second-order valence-corrected chi connectivity index (χ2v) is 8.23. The van der Waals surface area contributed by atoms with Crippen molar-refractivity contribution in [3.8, 4) is 33.3 Å². The van der Waals surface area contributed by atoms with E-state index in [-0.39, 0.29) is 5.91 Å². The van der Waals surface area contributed by atoms with Gasteiger partial charge in [0.05, 0.1) is 25.5 Å². The number of nitrogens with zero attached hydrogens (tertiary/aromatic N) is 2. The first kappa shape index (κ1) is 20.3. The molecule has 0 atom stereocenters. The molecule has 1 N–H and O–H groups in total. The van der Waals surface area contributed by atoms with E-state index in [4.69, 9.17) is 21.1 Å². The highest BCUT2D eigenvalue weighted by molar-refractivity contribution is 7.14. The van der Waals surface area contributed by atoms with Gasteiger partial charge in [-0.3, -0.25) is 10.1 Å². The fraction of sp³-hybridized carbons (Fsp3) is 0.0952. The van der Waals surface area contributed by atoms with Crippen molar-refractivity contribution in [1.82, 2.24) is 9.97 Å². The first-order chi connectivity index (χ1) is 14.6. The average Bonchev–Trinajstić information content (AvgIpc) is 3.43. The number of methoxy groups -OCH3 is 2. The van der Waals surface area contributed by atoms with Crippen molar-refractivity contribution in [3.05, 3.63) is 63.9 Å². The van der Waals surface area contributed by atoms with Gasteiger partial charge in [-0.2, -0.15) is 0 Å². The lowest BCUT2D eigenvalue weighted by Gasteiger charge is -2.10. The van der Waals surface area contributed by atoms with E-state index >= 15 is 0 Å². The van der Waals surface area contributed by atoms with Crippen LogP contribution in [0.15, 0.2) is 53.2 Å². The van der Waals surface area contributed by atoms with Crippen molar-refractivity contribution in [2.24, 2.45) is 0 Å². The highest BCUT2D eigenvalue weighted by Gasteiger charge is 2.18. The summed E-state index contributed by atoms with van der Waals surface area (Å²) in [5.41, 5.74) is 2.77. The number of carbonyl (C=O) groups is 1. The SMILES string of the molecule is COc1cccc(-c2nc(C(=O)Nc3nc(-c4ccc(Cl)cc4)cs3)cs2)c1OC. The van der Waals surface area contributed by atoms with Crippen LogP contribution in [0.3, 0.4) is 0 Å². The van der Waals surface area contributed by atoms with Gasteiger partial charge in [-0.05, 0) is 24.3 Å². The zero-order valence-electron chi connectivity index (χ0n) is 16.0. The Bertz CT molecular complexity index is 1190. The number of carbonyl (C=O) groups excluding carboxylic acids is 1. The van der Waals surface area contributed by atoms with E-state index in [1.165, 1.54) is 22.7 Å². The van der Waals surface area contributed by atoms with Crippen molar-refractivity contribution >= 4 is 45.3 Å². The quantitative estimate of drug-likeness (QED) is 0.392. The summed E-state index contributed by atoms with van der Waals surface area (Å²) < 4.78 is 10.8. The largest absolute Gasteiger partial charge is 0.493 e. The molecule has 0 radical (unpaired) electrons. The van der Waals surface area contributed by atoms with Crippen LogP contribution in [-0.4, -0.2) is 30.1 Å². The summed E-state index contributed by atoms with van der Waals surface area (Å²) in [6, 6.07) is 12.9. The molecule has 0 spiro atoms. The van der Waals surface area contributed by atoms with E-state index in [1.807, 2.05) is 35.7 Å². The van der Waals surface area contributed by atoms with Crippen LogP contribution in [0.4, 0.5) is 5.13 Å². The molecule has 0 aliphatic carbocycles. The maximum atomic E-state index is 12.7. The van der Waals surface area contributed by atoms with Gasteiger partial charge in [-0.25, -0.2) is 9.97 Å². The lowest BCUT2D eigenvalue weighted by Crippen LogP contribution is -2.12. The molecular weight excluding hydrogens is 442 g/mol. The standard InChI is InChI=1S/C21H16ClN3O3S2/c1-27-17-5-3-4-14(18(17)28-2)20-23-16(11-29-20)19(26)25-21-24-15(10-30-21)12-6-8-13(22)9-7-12/h3-11H,1-2H3,(H,24,25,26). The Morgan fingerprint density at radius 2 is 1.80 bits per heavy atom. The number of nitrogens with one attached hydrogen (secondary N) is 1. The number of para-hydroxylation sites is 1. The smallest absolute Gasteiger partial charge is 0.276 e. The van der Waals surface area contributed by atoms with Crippen LogP contribution in [0.1, 0.15) is 10.5 Å².